The summed E-state index contributed by atoms with van der Waals surface area (Å²) in [4.78, 5) is 10.0. The molecule has 3 aliphatic rings. The molecule has 0 saturated carbocycles. The lowest BCUT2D eigenvalue weighted by Crippen LogP contribution is -2.55. The summed E-state index contributed by atoms with van der Waals surface area (Å²) in [6.45, 7) is 5.77. The van der Waals surface area contributed by atoms with Crippen LogP contribution in [0.4, 0.5) is 0 Å². The average Bonchev–Trinajstić information content (AvgIpc) is 3.33. The molecule has 2 unspecified atom stereocenters. The normalized spacial score (nSPS) is 29.4. The number of nitrogens with zero attached hydrogens (tertiary/aromatic N) is 6. The molecule has 25 heavy (non-hydrogen) atoms. The van der Waals surface area contributed by atoms with E-state index >= 15 is 0 Å². The quantitative estimate of drug-likeness (QED) is 0.785. The molecule has 5 heterocycles. The summed E-state index contributed by atoms with van der Waals surface area (Å²) in [5.41, 5.74) is 2.28. The number of ether oxygens (including phenoxy) is 1. The van der Waals surface area contributed by atoms with E-state index in [0.29, 0.717) is 12.0 Å². The lowest BCUT2D eigenvalue weighted by Gasteiger charge is -2.41. The van der Waals surface area contributed by atoms with E-state index in [1.807, 2.05) is 23.1 Å². The van der Waals surface area contributed by atoms with Gasteiger partial charge in [0.25, 0.3) is 0 Å². The van der Waals surface area contributed by atoms with Gasteiger partial charge in [0, 0.05) is 50.1 Å². The molecule has 0 radical (unpaired) electrons. The van der Waals surface area contributed by atoms with Gasteiger partial charge in [0.1, 0.15) is 6.17 Å². The number of hydrogen-bond acceptors (Lipinski definition) is 6. The number of likely N-dealkylation sites (tertiary alicyclic amines) is 1. The Balaban J connectivity index is 1.69. The first kappa shape index (κ1) is 15.1. The molecular formula is C17H23N7O. The van der Waals surface area contributed by atoms with Crippen LogP contribution in [0.3, 0.4) is 0 Å². The first-order chi connectivity index (χ1) is 12.2. The SMILES string of the molecule is C[C@@H]1COCCN1C1N=c2c(cnn2-c2cc[nH]n2)=C2C1CCN2C. The van der Waals surface area contributed by atoms with Crippen molar-refractivity contribution >= 4 is 5.70 Å². The fourth-order valence-electron chi connectivity index (χ4n) is 4.41. The molecule has 0 spiro atoms. The molecule has 0 amide bonds. The highest BCUT2D eigenvalue weighted by Crippen LogP contribution is 2.34. The van der Waals surface area contributed by atoms with Crippen LogP contribution in [0, 0.1) is 5.92 Å². The number of hydrogen-bond donors (Lipinski definition) is 1. The second-order valence-electron chi connectivity index (χ2n) is 7.13. The lowest BCUT2D eigenvalue weighted by molar-refractivity contribution is -0.0290. The molecule has 5 rings (SSSR count). The molecule has 1 N–H and O–H groups in total. The Hall–Kier alpha value is -2.19. The molecular weight excluding hydrogens is 318 g/mol. The second kappa shape index (κ2) is 5.67. The minimum absolute atomic E-state index is 0.140. The van der Waals surface area contributed by atoms with Crippen molar-refractivity contribution < 1.29 is 4.74 Å². The number of nitrogens with one attached hydrogen (secondary N) is 1. The van der Waals surface area contributed by atoms with Gasteiger partial charge in [-0.1, -0.05) is 0 Å². The van der Waals surface area contributed by atoms with Crippen molar-refractivity contribution in [2.24, 2.45) is 10.9 Å². The monoisotopic (exact) mass is 341 g/mol. The summed E-state index contributed by atoms with van der Waals surface area (Å²) >= 11 is 0. The van der Waals surface area contributed by atoms with Crippen molar-refractivity contribution in [1.29, 1.82) is 0 Å². The highest BCUT2D eigenvalue weighted by Gasteiger charge is 2.41. The molecule has 2 aromatic heterocycles. The third-order valence-electron chi connectivity index (χ3n) is 5.63. The molecule has 8 heteroatoms. The molecule has 2 aromatic rings. The third kappa shape index (κ3) is 2.24. The molecule has 3 aliphatic heterocycles. The maximum atomic E-state index is 5.64. The lowest BCUT2D eigenvalue weighted by atomic mass is 9.96. The van der Waals surface area contributed by atoms with Crippen molar-refractivity contribution in [2.75, 3.05) is 33.4 Å². The standard InChI is InChI=1S/C17H23N7O/c1-11-10-25-8-7-23(11)16-12-4-6-22(2)15(12)13-9-19-24(17(13)20-16)14-3-5-18-21-14/h3,5,9,11-12,16H,4,6-8,10H2,1-2H3,(H,18,21)/t11-,12?,16?/m1/s1. The number of aromatic nitrogens is 4. The van der Waals surface area contributed by atoms with Crippen LogP contribution in [-0.2, 0) is 4.74 Å². The van der Waals surface area contributed by atoms with Crippen LogP contribution < -0.4 is 10.7 Å². The summed E-state index contributed by atoms with van der Waals surface area (Å²) in [6, 6.07) is 2.29. The smallest absolute Gasteiger partial charge is 0.177 e. The largest absolute Gasteiger partial charge is 0.379 e. The van der Waals surface area contributed by atoms with Gasteiger partial charge in [0.2, 0.25) is 0 Å². The fraction of sp³-hybridized carbons (Fsp3) is 0.588. The molecule has 132 valence electrons. The van der Waals surface area contributed by atoms with Gasteiger partial charge in [-0.15, -0.1) is 0 Å². The second-order valence-corrected chi connectivity index (χ2v) is 7.13. The number of fused-ring (bicyclic) bond motifs is 2. The van der Waals surface area contributed by atoms with Crippen molar-refractivity contribution in [2.45, 2.75) is 25.6 Å². The summed E-state index contributed by atoms with van der Waals surface area (Å²) in [5, 5.41) is 12.9. The van der Waals surface area contributed by atoms with E-state index in [1.54, 1.807) is 0 Å². The fourth-order valence-corrected chi connectivity index (χ4v) is 4.41. The maximum Gasteiger partial charge on any atom is 0.177 e. The Kier molecular flexibility index (Phi) is 3.42. The van der Waals surface area contributed by atoms with E-state index in [-0.39, 0.29) is 6.17 Å². The molecule has 0 aliphatic carbocycles. The molecule has 0 aromatic carbocycles. The van der Waals surface area contributed by atoms with Gasteiger partial charge in [-0.05, 0) is 13.3 Å². The topological polar surface area (TPSA) is 74.6 Å². The number of rotatable bonds is 2. The van der Waals surface area contributed by atoms with E-state index in [2.05, 4.69) is 39.1 Å². The van der Waals surface area contributed by atoms with E-state index in [9.17, 15) is 0 Å². The minimum atomic E-state index is 0.140. The summed E-state index contributed by atoms with van der Waals surface area (Å²) in [6.07, 6.45) is 5.03. The van der Waals surface area contributed by atoms with Crippen LogP contribution in [0.5, 0.6) is 0 Å². The molecule has 8 nitrogen and oxygen atoms in total. The van der Waals surface area contributed by atoms with Crippen LogP contribution in [0.1, 0.15) is 13.3 Å². The van der Waals surface area contributed by atoms with Crippen molar-refractivity contribution in [1.82, 2.24) is 29.8 Å². The molecule has 2 saturated heterocycles. The number of H-pyrrole nitrogens is 1. The Morgan fingerprint density at radius 3 is 3.04 bits per heavy atom. The molecule has 3 atom stereocenters. The molecule has 2 fully saturated rings. The van der Waals surface area contributed by atoms with Crippen LogP contribution in [0.25, 0.3) is 11.5 Å². The van der Waals surface area contributed by atoms with Crippen LogP contribution in [0.15, 0.2) is 23.5 Å². The van der Waals surface area contributed by atoms with Gasteiger partial charge in [-0.2, -0.15) is 14.9 Å². The van der Waals surface area contributed by atoms with E-state index in [1.165, 1.54) is 5.70 Å². The van der Waals surface area contributed by atoms with Crippen molar-refractivity contribution in [3.8, 4) is 5.82 Å². The van der Waals surface area contributed by atoms with E-state index in [0.717, 1.165) is 49.2 Å². The summed E-state index contributed by atoms with van der Waals surface area (Å²) < 4.78 is 7.49. The first-order valence-corrected chi connectivity index (χ1v) is 8.95. The van der Waals surface area contributed by atoms with Gasteiger partial charge in [0.15, 0.2) is 11.3 Å². The third-order valence-corrected chi connectivity index (χ3v) is 5.63. The van der Waals surface area contributed by atoms with Crippen molar-refractivity contribution in [3.05, 3.63) is 29.2 Å². The van der Waals surface area contributed by atoms with Gasteiger partial charge < -0.3 is 9.64 Å². The Morgan fingerprint density at radius 1 is 1.32 bits per heavy atom. The highest BCUT2D eigenvalue weighted by atomic mass is 16.5. The zero-order valence-electron chi connectivity index (χ0n) is 14.6. The van der Waals surface area contributed by atoms with Crippen LogP contribution >= 0.6 is 0 Å². The predicted molar refractivity (Wildman–Crippen MR) is 91.4 cm³/mol. The summed E-state index contributed by atoms with van der Waals surface area (Å²) in [7, 11) is 2.18. The van der Waals surface area contributed by atoms with Gasteiger partial charge in [-0.25, -0.2) is 4.99 Å². The Morgan fingerprint density at radius 2 is 2.24 bits per heavy atom. The van der Waals surface area contributed by atoms with Crippen molar-refractivity contribution in [3.63, 3.8) is 0 Å². The Bertz CT molecular complexity index is 887. The first-order valence-electron chi connectivity index (χ1n) is 8.95. The van der Waals surface area contributed by atoms with Crippen LogP contribution in [0.2, 0.25) is 0 Å². The zero-order chi connectivity index (χ0) is 17.0. The Labute approximate surface area is 145 Å². The average molecular weight is 341 g/mol. The predicted octanol–water partition coefficient (Wildman–Crippen LogP) is -0.665. The van der Waals surface area contributed by atoms with Gasteiger partial charge in [0.05, 0.1) is 24.6 Å². The number of aromatic amines is 1. The minimum Gasteiger partial charge on any atom is -0.379 e. The number of morpholine rings is 1. The summed E-state index contributed by atoms with van der Waals surface area (Å²) in [5.74, 6) is 1.20. The van der Waals surface area contributed by atoms with Crippen LogP contribution in [-0.4, -0.2) is 75.3 Å². The highest BCUT2D eigenvalue weighted by molar-refractivity contribution is 5.50. The van der Waals surface area contributed by atoms with Gasteiger partial charge >= 0.3 is 0 Å². The molecule has 0 bridgehead atoms. The zero-order valence-corrected chi connectivity index (χ0v) is 14.6. The van der Waals surface area contributed by atoms with Gasteiger partial charge in [-0.3, -0.25) is 10.00 Å². The van der Waals surface area contributed by atoms with E-state index in [4.69, 9.17) is 9.73 Å². The maximum absolute atomic E-state index is 5.64. The van der Waals surface area contributed by atoms with E-state index < -0.39 is 0 Å².